The van der Waals surface area contributed by atoms with Crippen LogP contribution in [0.15, 0.2) is 11.6 Å². The Bertz CT molecular complexity index is 1100. The third-order valence-corrected chi connectivity index (χ3v) is 11.2. The second-order valence-electron chi connectivity index (χ2n) is 15.1. The van der Waals surface area contributed by atoms with Gasteiger partial charge < -0.3 is 24.8 Å². The second kappa shape index (κ2) is 12.6. The van der Waals surface area contributed by atoms with Gasteiger partial charge in [-0.15, -0.1) is 5.92 Å². The molecule has 2 bridgehead atoms. The molecule has 0 saturated heterocycles. The fraction of sp³-hybridized carbons (Fsp3) is 0.829. The molecule has 2 saturated carbocycles. The van der Waals surface area contributed by atoms with E-state index in [2.05, 4.69) is 46.5 Å². The van der Waals surface area contributed by atoms with Crippen LogP contribution in [0.5, 0.6) is 0 Å². The predicted octanol–water partition coefficient (Wildman–Crippen LogP) is 5.49. The highest BCUT2D eigenvalue weighted by Crippen LogP contribution is 2.69. The number of hydrogen-bond donors (Lipinski definition) is 3. The van der Waals surface area contributed by atoms with Crippen LogP contribution in [0.3, 0.4) is 0 Å². The molecule has 0 amide bonds. The number of ether oxygens (including phenoxy) is 2. The minimum absolute atomic E-state index is 0.170. The summed E-state index contributed by atoms with van der Waals surface area (Å²) >= 11 is 0. The molecule has 0 spiro atoms. The van der Waals surface area contributed by atoms with Gasteiger partial charge in [-0.2, -0.15) is 0 Å². The molecule has 0 radical (unpaired) electrons. The quantitative estimate of drug-likeness (QED) is 0.217. The number of cyclic esters (lactones) is 1. The van der Waals surface area contributed by atoms with E-state index in [1.807, 2.05) is 6.92 Å². The summed E-state index contributed by atoms with van der Waals surface area (Å²) in [5.41, 5.74) is -3.74. The molecule has 236 valence electrons. The summed E-state index contributed by atoms with van der Waals surface area (Å²) in [5, 5.41) is 37.9. The zero-order valence-corrected chi connectivity index (χ0v) is 26.7. The van der Waals surface area contributed by atoms with Crippen LogP contribution in [0.25, 0.3) is 0 Å². The molecular weight excluding hydrogens is 532 g/mol. The molecule has 8 atom stereocenters. The first kappa shape index (κ1) is 33.0. The van der Waals surface area contributed by atoms with E-state index < -0.39 is 46.1 Å². The molecule has 0 unspecified atom stereocenters. The van der Waals surface area contributed by atoms with Crippen molar-refractivity contribution < 1.29 is 34.4 Å². The van der Waals surface area contributed by atoms with Gasteiger partial charge in [0, 0.05) is 24.8 Å². The monoisotopic (exact) mass is 586 g/mol. The zero-order valence-electron chi connectivity index (χ0n) is 26.7. The fourth-order valence-corrected chi connectivity index (χ4v) is 8.98. The Kier molecular flexibility index (Phi) is 9.92. The molecule has 0 aromatic rings. The van der Waals surface area contributed by atoms with Crippen molar-refractivity contribution in [2.75, 3.05) is 6.61 Å². The Hall–Kier alpha value is -1.88. The van der Waals surface area contributed by atoms with Gasteiger partial charge in [0.25, 0.3) is 0 Å². The molecule has 4 rings (SSSR count). The summed E-state index contributed by atoms with van der Waals surface area (Å²) < 4.78 is 11.4. The van der Waals surface area contributed by atoms with Crippen molar-refractivity contribution in [3.05, 3.63) is 11.6 Å². The van der Waals surface area contributed by atoms with Gasteiger partial charge in [0.2, 0.25) is 0 Å². The van der Waals surface area contributed by atoms with Crippen molar-refractivity contribution in [1.29, 1.82) is 0 Å². The van der Waals surface area contributed by atoms with Crippen molar-refractivity contribution in [3.63, 3.8) is 0 Å². The van der Waals surface area contributed by atoms with Gasteiger partial charge in [0.05, 0.1) is 35.1 Å². The van der Waals surface area contributed by atoms with Gasteiger partial charge >= 0.3 is 11.9 Å². The van der Waals surface area contributed by atoms with E-state index in [0.717, 1.165) is 31.3 Å². The van der Waals surface area contributed by atoms with Crippen molar-refractivity contribution in [1.82, 2.24) is 0 Å². The van der Waals surface area contributed by atoms with Gasteiger partial charge in [0.1, 0.15) is 12.7 Å². The van der Waals surface area contributed by atoms with Crippen LogP contribution < -0.4 is 0 Å². The summed E-state index contributed by atoms with van der Waals surface area (Å²) in [5.74, 6) is 6.33. The first-order chi connectivity index (χ1) is 19.7. The van der Waals surface area contributed by atoms with Crippen molar-refractivity contribution in [3.8, 4) is 11.8 Å². The molecule has 0 aromatic heterocycles. The van der Waals surface area contributed by atoms with E-state index >= 15 is 0 Å². The van der Waals surface area contributed by atoms with Gasteiger partial charge in [0.15, 0.2) is 0 Å². The maximum atomic E-state index is 13.3. The Balaban J connectivity index is 1.81. The number of hydrogen-bond acceptors (Lipinski definition) is 7. The Morgan fingerprint density at radius 3 is 2.50 bits per heavy atom. The van der Waals surface area contributed by atoms with Crippen molar-refractivity contribution in [2.24, 2.45) is 34.0 Å². The predicted molar refractivity (Wildman–Crippen MR) is 161 cm³/mol. The van der Waals surface area contributed by atoms with Crippen LogP contribution >= 0.6 is 0 Å². The van der Waals surface area contributed by atoms with Crippen LogP contribution in [0.4, 0.5) is 0 Å². The second-order valence-corrected chi connectivity index (χ2v) is 15.1. The summed E-state index contributed by atoms with van der Waals surface area (Å²) in [4.78, 5) is 24.8. The van der Waals surface area contributed by atoms with E-state index in [1.165, 1.54) is 6.08 Å². The molecule has 2 heterocycles. The molecule has 2 aliphatic carbocycles. The number of carbonyl (C=O) groups is 2. The largest absolute Gasteiger partial charge is 0.462 e. The number of rotatable bonds is 11. The first-order valence-electron chi connectivity index (χ1n) is 16.3. The number of aliphatic hydroxyl groups excluding tert-OH is 2. The van der Waals surface area contributed by atoms with Crippen molar-refractivity contribution in [2.45, 2.75) is 143 Å². The van der Waals surface area contributed by atoms with Crippen LogP contribution in [-0.4, -0.2) is 57.8 Å². The number of fused-ring (bicyclic) bond motifs is 4. The first-order valence-corrected chi connectivity index (χ1v) is 16.3. The van der Waals surface area contributed by atoms with Crippen LogP contribution in [0.1, 0.15) is 119 Å². The Labute approximate surface area is 252 Å². The third kappa shape index (κ3) is 6.06. The maximum Gasteiger partial charge on any atom is 0.331 e. The molecule has 2 fully saturated rings. The average Bonchev–Trinajstić information content (AvgIpc) is 3.35. The lowest BCUT2D eigenvalue weighted by atomic mass is 9.37. The van der Waals surface area contributed by atoms with Gasteiger partial charge in [-0.05, 0) is 68.3 Å². The minimum atomic E-state index is -1.63. The number of carbonyl (C=O) groups excluding carboxylic acids is 2. The lowest BCUT2D eigenvalue weighted by molar-refractivity contribution is -0.331. The van der Waals surface area contributed by atoms with Crippen LogP contribution in [-0.2, 0) is 19.1 Å². The topological polar surface area (TPSA) is 113 Å². The summed E-state index contributed by atoms with van der Waals surface area (Å²) in [7, 11) is 0. The highest BCUT2D eigenvalue weighted by molar-refractivity contribution is 5.85. The minimum Gasteiger partial charge on any atom is -0.462 e. The molecule has 4 aliphatic rings. The highest BCUT2D eigenvalue weighted by Gasteiger charge is 2.76. The van der Waals surface area contributed by atoms with E-state index in [-0.39, 0.29) is 31.4 Å². The van der Waals surface area contributed by atoms with E-state index in [1.54, 1.807) is 0 Å². The normalized spacial score (nSPS) is 37.2. The average molecular weight is 587 g/mol. The third-order valence-electron chi connectivity index (χ3n) is 11.2. The molecular formula is C35H54O7. The summed E-state index contributed by atoms with van der Waals surface area (Å²) in [6.07, 6.45) is 5.83. The molecule has 2 aliphatic heterocycles. The molecule has 0 aromatic carbocycles. The van der Waals surface area contributed by atoms with Gasteiger partial charge in [-0.3, -0.25) is 4.79 Å². The highest BCUT2D eigenvalue weighted by atomic mass is 16.5. The van der Waals surface area contributed by atoms with E-state index in [9.17, 15) is 24.9 Å². The Morgan fingerprint density at radius 2 is 1.83 bits per heavy atom. The molecule has 3 N–H and O–H groups in total. The number of esters is 2. The SMILES string of the molecule is CC(C)CCC[C@H](C)CC[C@H](O)[C@]12[C@@H](O)CCC(C)(C)[C@@H]1[C@H]1C[C@](C)(C#CCCC(=O)O1)[C@]2(O)CCC1=CC(=O)OC1. The fourth-order valence-electron chi connectivity index (χ4n) is 8.98. The molecule has 42 heavy (non-hydrogen) atoms. The van der Waals surface area contributed by atoms with Gasteiger partial charge in [-0.25, -0.2) is 4.79 Å². The molecule has 7 heteroatoms. The lowest BCUT2D eigenvalue weighted by Crippen LogP contribution is -2.78. The maximum absolute atomic E-state index is 13.3. The van der Waals surface area contributed by atoms with Crippen LogP contribution in [0.2, 0.25) is 0 Å². The van der Waals surface area contributed by atoms with Gasteiger partial charge in [-0.1, -0.05) is 59.8 Å². The summed E-state index contributed by atoms with van der Waals surface area (Å²) in [6, 6.07) is 0. The van der Waals surface area contributed by atoms with Crippen LogP contribution in [0, 0.1) is 45.8 Å². The Morgan fingerprint density at radius 1 is 1.10 bits per heavy atom. The summed E-state index contributed by atoms with van der Waals surface area (Å²) in [6.45, 7) is 13.0. The standard InChI is InChI=1S/C35H54O7/c1-23(2)10-9-11-24(3)13-14-27(36)35-28(37)16-18-32(4,5)31(35)26-21-33(6,17-8-7-12-29(38)42-26)34(35,40)19-15-25-20-30(39)41-22-25/h20,23-24,26-28,31,36-37,40H,7,9-16,18-19,21-22H2,1-6H3/t24-,26+,27-,28-,31-,33-,34+,35-/m0/s1. The molecule has 7 nitrogen and oxygen atoms in total. The lowest BCUT2D eigenvalue weighted by Gasteiger charge is -2.70. The number of aliphatic hydroxyl groups is 3. The smallest absolute Gasteiger partial charge is 0.331 e. The zero-order chi connectivity index (χ0) is 30.9. The van der Waals surface area contributed by atoms with Crippen molar-refractivity contribution >= 4 is 11.9 Å². The van der Waals surface area contributed by atoms with E-state index in [0.29, 0.717) is 50.4 Å². The van der Waals surface area contributed by atoms with E-state index in [4.69, 9.17) is 9.47 Å².